The minimum absolute atomic E-state index is 0.00774. The van der Waals surface area contributed by atoms with Crippen molar-refractivity contribution in [3.8, 4) is 0 Å². The molecule has 0 N–H and O–H groups in total. The quantitative estimate of drug-likeness (QED) is 0.514. The molecule has 0 radical (unpaired) electrons. The molecule has 1 unspecified atom stereocenters. The molecule has 1 aliphatic rings. The second-order valence-corrected chi connectivity index (χ2v) is 10.5. The Kier molecular flexibility index (Phi) is 4.96. The predicted molar refractivity (Wildman–Crippen MR) is 121 cm³/mol. The summed E-state index contributed by atoms with van der Waals surface area (Å²) >= 11 is 3.68. The first-order valence-corrected chi connectivity index (χ1v) is 11.0. The third-order valence-electron chi connectivity index (χ3n) is 5.49. The van der Waals surface area contributed by atoms with E-state index in [-0.39, 0.29) is 22.5 Å². The molecule has 1 saturated heterocycles. The first-order chi connectivity index (χ1) is 14.0. The Morgan fingerprint density at radius 3 is 2.53 bits per heavy atom. The van der Waals surface area contributed by atoms with E-state index < -0.39 is 5.60 Å². The third-order valence-corrected chi connectivity index (χ3v) is 5.99. The summed E-state index contributed by atoms with van der Waals surface area (Å²) in [5, 5.41) is 7.22. The maximum absolute atomic E-state index is 13.2. The van der Waals surface area contributed by atoms with Crippen molar-refractivity contribution < 1.29 is 9.53 Å². The largest absolute Gasteiger partial charge is 0.444 e. The van der Waals surface area contributed by atoms with Crippen LogP contribution in [0, 0.1) is 6.92 Å². The zero-order valence-electron chi connectivity index (χ0n) is 18.2. The summed E-state index contributed by atoms with van der Waals surface area (Å²) in [5.41, 5.74) is 2.35. The zero-order valence-corrected chi connectivity index (χ0v) is 19.8. The Labute approximate surface area is 183 Å². The second-order valence-electron chi connectivity index (χ2n) is 9.12. The van der Waals surface area contributed by atoms with Crippen LogP contribution in [-0.2, 0) is 11.8 Å². The SMILES string of the molecule is Cc1cc(C(C)Br)c2c(c1)c(=O)n(C)c1c2cnn1C1CN(C(=O)OC(C)(C)C)C1. The van der Waals surface area contributed by atoms with Gasteiger partial charge >= 0.3 is 6.09 Å². The van der Waals surface area contributed by atoms with Crippen molar-refractivity contribution >= 4 is 43.8 Å². The molecule has 30 heavy (non-hydrogen) atoms. The van der Waals surface area contributed by atoms with E-state index in [4.69, 9.17) is 4.74 Å². The van der Waals surface area contributed by atoms with E-state index >= 15 is 0 Å². The minimum Gasteiger partial charge on any atom is -0.444 e. The molecule has 3 heterocycles. The highest BCUT2D eigenvalue weighted by Crippen LogP contribution is 2.35. The van der Waals surface area contributed by atoms with Gasteiger partial charge < -0.3 is 9.64 Å². The summed E-state index contributed by atoms with van der Waals surface area (Å²) in [5.74, 6) is 0. The standard InChI is InChI=1S/C22H27BrN4O3/c1-12-7-15(13(2)23)18-16(8-12)20(28)25(6)19-17(18)9-24-27(19)14-10-26(11-14)21(29)30-22(3,4)5/h7-9,13-14H,10-11H2,1-6H3. The number of carbonyl (C=O) groups is 1. The summed E-state index contributed by atoms with van der Waals surface area (Å²) in [6.45, 7) is 10.6. The van der Waals surface area contributed by atoms with Gasteiger partial charge in [-0.2, -0.15) is 5.10 Å². The molecule has 7 nitrogen and oxygen atoms in total. The number of rotatable bonds is 2. The van der Waals surface area contributed by atoms with Gasteiger partial charge in [-0.25, -0.2) is 9.48 Å². The van der Waals surface area contributed by atoms with Crippen LogP contribution in [0.25, 0.3) is 21.8 Å². The number of nitrogens with zero attached hydrogens (tertiary/aromatic N) is 4. The fraction of sp³-hybridized carbons (Fsp3) is 0.500. The number of ether oxygens (including phenoxy) is 1. The molecule has 0 bridgehead atoms. The van der Waals surface area contributed by atoms with Crippen molar-refractivity contribution in [3.63, 3.8) is 0 Å². The van der Waals surface area contributed by atoms with Crippen LogP contribution in [-0.4, -0.2) is 44.0 Å². The van der Waals surface area contributed by atoms with Gasteiger partial charge in [-0.05, 0) is 51.8 Å². The molecule has 160 valence electrons. The number of amides is 1. The topological polar surface area (TPSA) is 69.4 Å². The molecule has 3 aromatic rings. The highest BCUT2D eigenvalue weighted by Gasteiger charge is 2.36. The van der Waals surface area contributed by atoms with E-state index in [9.17, 15) is 9.59 Å². The third kappa shape index (κ3) is 3.41. The van der Waals surface area contributed by atoms with Crippen LogP contribution in [0.5, 0.6) is 0 Å². The fourth-order valence-electron chi connectivity index (χ4n) is 4.09. The number of carbonyl (C=O) groups excluding carboxylic acids is 1. The Morgan fingerprint density at radius 1 is 1.27 bits per heavy atom. The molecule has 1 aliphatic heterocycles. The lowest BCUT2D eigenvalue weighted by atomic mass is 9.98. The highest BCUT2D eigenvalue weighted by molar-refractivity contribution is 9.09. The molecule has 1 atom stereocenters. The molecular weight excluding hydrogens is 448 g/mol. The summed E-state index contributed by atoms with van der Waals surface area (Å²) < 4.78 is 8.99. The molecule has 8 heteroatoms. The van der Waals surface area contributed by atoms with Crippen LogP contribution in [0.15, 0.2) is 23.1 Å². The van der Waals surface area contributed by atoms with E-state index in [0.29, 0.717) is 18.5 Å². The molecule has 2 aromatic heterocycles. The van der Waals surface area contributed by atoms with Crippen molar-refractivity contribution in [3.05, 3.63) is 39.8 Å². The lowest BCUT2D eigenvalue weighted by Gasteiger charge is -2.39. The fourth-order valence-corrected chi connectivity index (χ4v) is 4.45. The number of fused-ring (bicyclic) bond motifs is 3. The number of pyridine rings is 1. The number of aromatic nitrogens is 3. The molecule has 4 rings (SSSR count). The summed E-state index contributed by atoms with van der Waals surface area (Å²) in [7, 11) is 1.78. The molecule has 0 aliphatic carbocycles. The van der Waals surface area contributed by atoms with E-state index in [1.54, 1.807) is 16.5 Å². The zero-order chi connectivity index (χ0) is 22.0. The monoisotopic (exact) mass is 474 g/mol. The number of alkyl halides is 1. The van der Waals surface area contributed by atoms with Crippen molar-refractivity contribution in [1.82, 2.24) is 19.2 Å². The number of likely N-dealkylation sites (tertiary alicyclic amines) is 1. The number of halogens is 1. The van der Waals surface area contributed by atoms with Crippen LogP contribution >= 0.6 is 15.9 Å². The van der Waals surface area contributed by atoms with E-state index in [0.717, 1.165) is 27.5 Å². The van der Waals surface area contributed by atoms with Gasteiger partial charge in [0.05, 0.1) is 12.2 Å². The van der Waals surface area contributed by atoms with Gasteiger partial charge in [-0.1, -0.05) is 22.0 Å². The number of hydrogen-bond donors (Lipinski definition) is 0. The van der Waals surface area contributed by atoms with Crippen molar-refractivity contribution in [1.29, 1.82) is 0 Å². The Balaban J connectivity index is 1.78. The summed E-state index contributed by atoms with van der Waals surface area (Å²) in [6, 6.07) is 4.07. The van der Waals surface area contributed by atoms with Gasteiger partial charge in [-0.15, -0.1) is 0 Å². The summed E-state index contributed by atoms with van der Waals surface area (Å²) in [4.78, 5) is 27.2. The van der Waals surface area contributed by atoms with Crippen LogP contribution in [0.1, 0.15) is 49.7 Å². The van der Waals surface area contributed by atoms with Gasteiger partial charge in [0.1, 0.15) is 11.2 Å². The smallest absolute Gasteiger partial charge is 0.410 e. The minimum atomic E-state index is -0.524. The number of aryl methyl sites for hydroxylation is 2. The lowest BCUT2D eigenvalue weighted by Crippen LogP contribution is -2.52. The van der Waals surface area contributed by atoms with Gasteiger partial charge in [0.15, 0.2) is 0 Å². The molecule has 1 aromatic carbocycles. The normalized spacial score (nSPS) is 16.2. The molecule has 1 amide bonds. The van der Waals surface area contributed by atoms with Crippen molar-refractivity contribution in [2.75, 3.05) is 13.1 Å². The van der Waals surface area contributed by atoms with Crippen LogP contribution in [0.4, 0.5) is 4.79 Å². The molecular formula is C22H27BrN4O3. The lowest BCUT2D eigenvalue weighted by molar-refractivity contribution is 0.0000349. The second kappa shape index (κ2) is 7.11. The van der Waals surface area contributed by atoms with E-state index in [1.807, 2.05) is 44.6 Å². The van der Waals surface area contributed by atoms with Gasteiger partial charge in [-0.3, -0.25) is 9.36 Å². The summed E-state index contributed by atoms with van der Waals surface area (Å²) in [6.07, 6.45) is 1.52. The molecule has 0 saturated carbocycles. The predicted octanol–water partition coefficient (Wildman–Crippen LogP) is 4.44. The Bertz CT molecular complexity index is 1210. The number of benzene rings is 1. The van der Waals surface area contributed by atoms with Crippen LogP contribution < -0.4 is 5.56 Å². The highest BCUT2D eigenvalue weighted by atomic mass is 79.9. The maximum atomic E-state index is 13.2. The van der Waals surface area contributed by atoms with Gasteiger partial charge in [0.25, 0.3) is 5.56 Å². The molecule has 1 fully saturated rings. The molecule has 0 spiro atoms. The van der Waals surface area contributed by atoms with E-state index in [1.165, 1.54) is 0 Å². The van der Waals surface area contributed by atoms with Crippen molar-refractivity contribution in [2.24, 2.45) is 7.05 Å². The van der Waals surface area contributed by atoms with Gasteiger partial charge in [0, 0.05) is 41.1 Å². The first-order valence-electron chi connectivity index (χ1n) is 10.1. The van der Waals surface area contributed by atoms with Crippen LogP contribution in [0.3, 0.4) is 0 Å². The Hall–Kier alpha value is -2.35. The van der Waals surface area contributed by atoms with Gasteiger partial charge in [0.2, 0.25) is 0 Å². The van der Waals surface area contributed by atoms with Crippen molar-refractivity contribution in [2.45, 2.75) is 51.1 Å². The van der Waals surface area contributed by atoms with E-state index in [2.05, 4.69) is 34.0 Å². The average Bonchev–Trinajstić information content (AvgIpc) is 3.00. The average molecular weight is 475 g/mol. The van der Waals surface area contributed by atoms with Crippen LogP contribution in [0.2, 0.25) is 0 Å². The number of hydrogen-bond acceptors (Lipinski definition) is 4. The Morgan fingerprint density at radius 2 is 1.93 bits per heavy atom. The maximum Gasteiger partial charge on any atom is 0.410 e. The first kappa shape index (κ1) is 20.9.